The van der Waals surface area contributed by atoms with Crippen LogP contribution in [0.4, 0.5) is 0 Å². The first-order valence-corrected chi connectivity index (χ1v) is 2.25. The lowest BCUT2D eigenvalue weighted by atomic mass is 10.5. The Morgan fingerprint density at radius 1 is 1.88 bits per heavy atom. The highest BCUT2D eigenvalue weighted by Crippen LogP contribution is 1.90. The summed E-state index contributed by atoms with van der Waals surface area (Å²) >= 11 is 0. The second-order valence-electron chi connectivity index (χ2n) is 1.43. The maximum Gasteiger partial charge on any atom is 0.132 e. The normalized spacial score (nSPS) is 9.62. The van der Waals surface area contributed by atoms with Gasteiger partial charge in [-0.15, -0.1) is 0 Å². The fourth-order valence-electron chi connectivity index (χ4n) is 0.462. The van der Waals surface area contributed by atoms with E-state index in [9.17, 15) is 0 Å². The molecule has 0 amide bonds. The first-order chi connectivity index (χ1) is 3.84. The SMILES string of the molecule is NCc1cncn1O. The number of aromatic nitrogens is 2. The predicted octanol–water partition coefficient (Wildman–Crippen LogP) is -0.421. The highest BCUT2D eigenvalue weighted by Gasteiger charge is 1.92. The van der Waals surface area contributed by atoms with Gasteiger partial charge in [-0.3, -0.25) is 0 Å². The molecule has 0 aliphatic rings. The van der Waals surface area contributed by atoms with Gasteiger partial charge in [-0.25, -0.2) is 4.98 Å². The highest BCUT2D eigenvalue weighted by atomic mass is 16.5. The molecule has 0 saturated heterocycles. The molecule has 0 spiro atoms. The van der Waals surface area contributed by atoms with E-state index in [1.54, 1.807) is 0 Å². The van der Waals surface area contributed by atoms with Gasteiger partial charge in [0.15, 0.2) is 0 Å². The van der Waals surface area contributed by atoms with Crippen molar-refractivity contribution in [3.8, 4) is 0 Å². The van der Waals surface area contributed by atoms with E-state index in [0.717, 1.165) is 4.73 Å². The molecular formula is C4H7N3O. The second kappa shape index (κ2) is 1.83. The highest BCUT2D eigenvalue weighted by molar-refractivity contribution is 4.93. The minimum Gasteiger partial charge on any atom is -0.427 e. The van der Waals surface area contributed by atoms with Crippen molar-refractivity contribution in [2.75, 3.05) is 0 Å². The van der Waals surface area contributed by atoms with Gasteiger partial charge in [-0.1, -0.05) is 0 Å². The Bertz CT molecular complexity index is 172. The van der Waals surface area contributed by atoms with Crippen LogP contribution in [0, 0.1) is 0 Å². The van der Waals surface area contributed by atoms with Crippen LogP contribution >= 0.6 is 0 Å². The van der Waals surface area contributed by atoms with E-state index in [1.165, 1.54) is 12.5 Å². The van der Waals surface area contributed by atoms with Crippen molar-refractivity contribution in [2.24, 2.45) is 5.73 Å². The summed E-state index contributed by atoms with van der Waals surface area (Å²) in [5.41, 5.74) is 5.79. The number of nitrogens with zero attached hydrogens (tertiary/aromatic N) is 2. The Morgan fingerprint density at radius 2 is 2.62 bits per heavy atom. The zero-order valence-corrected chi connectivity index (χ0v) is 4.28. The van der Waals surface area contributed by atoms with Crippen LogP contribution in [-0.2, 0) is 6.54 Å². The third-order valence-corrected chi connectivity index (χ3v) is 0.903. The molecule has 0 bridgehead atoms. The number of nitrogens with two attached hydrogens (primary N) is 1. The van der Waals surface area contributed by atoms with Gasteiger partial charge in [0.2, 0.25) is 0 Å². The summed E-state index contributed by atoms with van der Waals surface area (Å²) < 4.78 is 0.903. The summed E-state index contributed by atoms with van der Waals surface area (Å²) in [7, 11) is 0. The van der Waals surface area contributed by atoms with Gasteiger partial charge in [0.05, 0.1) is 11.9 Å². The number of hydrogen-bond donors (Lipinski definition) is 2. The zero-order valence-electron chi connectivity index (χ0n) is 4.28. The molecule has 0 radical (unpaired) electrons. The maximum absolute atomic E-state index is 8.72. The molecule has 3 N–H and O–H groups in total. The summed E-state index contributed by atoms with van der Waals surface area (Å²) in [4.78, 5) is 3.63. The summed E-state index contributed by atoms with van der Waals surface area (Å²) in [5, 5.41) is 8.72. The Balaban J connectivity index is 2.92. The molecule has 8 heavy (non-hydrogen) atoms. The lowest BCUT2D eigenvalue weighted by molar-refractivity contribution is 0.177. The Hall–Kier alpha value is -1.03. The van der Waals surface area contributed by atoms with Crippen molar-refractivity contribution in [1.29, 1.82) is 0 Å². The minimum atomic E-state index is 0.316. The molecule has 0 aromatic carbocycles. The monoisotopic (exact) mass is 113 g/mol. The number of hydrogen-bond acceptors (Lipinski definition) is 3. The molecule has 4 nitrogen and oxygen atoms in total. The quantitative estimate of drug-likeness (QED) is 0.486. The Morgan fingerprint density at radius 3 is 2.88 bits per heavy atom. The van der Waals surface area contributed by atoms with Gasteiger partial charge in [0.25, 0.3) is 0 Å². The molecule has 1 aromatic rings. The van der Waals surface area contributed by atoms with E-state index in [2.05, 4.69) is 4.98 Å². The standard InChI is InChI=1S/C4H7N3O/c5-1-4-2-6-3-7(4)8/h2-3,8H,1,5H2. The van der Waals surface area contributed by atoms with Crippen LogP contribution in [0.5, 0.6) is 0 Å². The van der Waals surface area contributed by atoms with Gasteiger partial charge in [-0.05, 0) is 0 Å². The van der Waals surface area contributed by atoms with Gasteiger partial charge in [0.1, 0.15) is 6.33 Å². The van der Waals surface area contributed by atoms with E-state index >= 15 is 0 Å². The molecular weight excluding hydrogens is 106 g/mol. The largest absolute Gasteiger partial charge is 0.427 e. The fourth-order valence-corrected chi connectivity index (χ4v) is 0.462. The first-order valence-electron chi connectivity index (χ1n) is 2.25. The topological polar surface area (TPSA) is 64.1 Å². The molecule has 1 aromatic heterocycles. The van der Waals surface area contributed by atoms with Crippen molar-refractivity contribution >= 4 is 0 Å². The Kier molecular flexibility index (Phi) is 1.17. The molecule has 4 heteroatoms. The van der Waals surface area contributed by atoms with Crippen molar-refractivity contribution in [3.05, 3.63) is 18.2 Å². The summed E-state index contributed by atoms with van der Waals surface area (Å²) in [6.45, 7) is 0.316. The first kappa shape index (κ1) is 5.11. The summed E-state index contributed by atoms with van der Waals surface area (Å²) in [6, 6.07) is 0. The average Bonchev–Trinajstić information content (AvgIpc) is 2.14. The lowest BCUT2D eigenvalue weighted by Gasteiger charge is -1.91. The van der Waals surface area contributed by atoms with Crippen LogP contribution in [0.3, 0.4) is 0 Å². The van der Waals surface area contributed by atoms with Crippen LogP contribution < -0.4 is 5.73 Å². The molecule has 0 aliphatic heterocycles. The van der Waals surface area contributed by atoms with E-state index in [4.69, 9.17) is 10.9 Å². The van der Waals surface area contributed by atoms with E-state index < -0.39 is 0 Å². The van der Waals surface area contributed by atoms with Crippen molar-refractivity contribution in [3.63, 3.8) is 0 Å². The molecule has 0 saturated carbocycles. The smallest absolute Gasteiger partial charge is 0.132 e. The van der Waals surface area contributed by atoms with Crippen LogP contribution in [0.15, 0.2) is 12.5 Å². The van der Waals surface area contributed by atoms with Gasteiger partial charge in [0, 0.05) is 6.54 Å². The zero-order chi connectivity index (χ0) is 5.98. The second-order valence-corrected chi connectivity index (χ2v) is 1.43. The van der Waals surface area contributed by atoms with Crippen molar-refractivity contribution < 1.29 is 5.21 Å². The van der Waals surface area contributed by atoms with E-state index in [1.807, 2.05) is 0 Å². The molecule has 0 unspecified atom stereocenters. The van der Waals surface area contributed by atoms with Gasteiger partial charge in [-0.2, -0.15) is 4.73 Å². The fraction of sp³-hybridized carbons (Fsp3) is 0.250. The van der Waals surface area contributed by atoms with Crippen molar-refractivity contribution in [2.45, 2.75) is 6.54 Å². The van der Waals surface area contributed by atoms with Crippen LogP contribution in [0.1, 0.15) is 5.69 Å². The average molecular weight is 113 g/mol. The van der Waals surface area contributed by atoms with Gasteiger partial charge < -0.3 is 10.9 Å². The molecule has 44 valence electrons. The predicted molar refractivity (Wildman–Crippen MR) is 27.3 cm³/mol. The summed E-state index contributed by atoms with van der Waals surface area (Å²) in [5.74, 6) is 0. The summed E-state index contributed by atoms with van der Waals surface area (Å²) in [6.07, 6.45) is 2.81. The van der Waals surface area contributed by atoms with Gasteiger partial charge >= 0.3 is 0 Å². The molecule has 0 atom stereocenters. The molecule has 1 heterocycles. The van der Waals surface area contributed by atoms with E-state index in [-0.39, 0.29) is 0 Å². The molecule has 0 fully saturated rings. The van der Waals surface area contributed by atoms with Crippen LogP contribution in [0.25, 0.3) is 0 Å². The Labute approximate surface area is 46.5 Å². The minimum absolute atomic E-state index is 0.316. The maximum atomic E-state index is 8.72. The molecule has 1 rings (SSSR count). The van der Waals surface area contributed by atoms with E-state index in [0.29, 0.717) is 12.2 Å². The third kappa shape index (κ3) is 0.651. The lowest BCUT2D eigenvalue weighted by Crippen LogP contribution is -2.02. The number of imidazole rings is 1. The van der Waals surface area contributed by atoms with Crippen molar-refractivity contribution in [1.82, 2.24) is 9.71 Å². The third-order valence-electron chi connectivity index (χ3n) is 0.903. The van der Waals surface area contributed by atoms with Crippen LogP contribution in [0.2, 0.25) is 0 Å². The molecule has 0 aliphatic carbocycles. The van der Waals surface area contributed by atoms with Crippen LogP contribution in [-0.4, -0.2) is 14.9 Å². The number of rotatable bonds is 1.